The van der Waals surface area contributed by atoms with Gasteiger partial charge >= 0.3 is 0 Å². The van der Waals surface area contributed by atoms with Gasteiger partial charge < -0.3 is 9.88 Å². The van der Waals surface area contributed by atoms with Crippen molar-refractivity contribution in [2.45, 2.75) is 6.54 Å². The highest BCUT2D eigenvalue weighted by Gasteiger charge is 2.13. The minimum Gasteiger partial charge on any atom is -0.305 e. The molecule has 25 heavy (non-hydrogen) atoms. The van der Waals surface area contributed by atoms with Gasteiger partial charge in [0.1, 0.15) is 18.2 Å². The van der Waals surface area contributed by atoms with Crippen molar-refractivity contribution in [1.82, 2.24) is 9.55 Å². The zero-order chi connectivity index (χ0) is 18.0. The molecule has 2 aromatic heterocycles. The molecular weight excluding hydrogens is 416 g/mol. The molecule has 3 aromatic rings. The van der Waals surface area contributed by atoms with E-state index in [4.69, 9.17) is 0 Å². The first-order valence-electron chi connectivity index (χ1n) is 6.99. The van der Waals surface area contributed by atoms with Crippen molar-refractivity contribution < 1.29 is 13.6 Å². The van der Waals surface area contributed by atoms with Gasteiger partial charge in [0, 0.05) is 27.7 Å². The number of nitrogens with zero attached hydrogens (tertiary/aromatic N) is 2. The number of thiazole rings is 1. The second-order valence-electron chi connectivity index (χ2n) is 5.02. The smallest absolute Gasteiger partial charge is 0.251 e. The molecule has 1 aromatic carbocycles. The van der Waals surface area contributed by atoms with E-state index in [-0.39, 0.29) is 28.5 Å². The molecule has 3 rings (SSSR count). The summed E-state index contributed by atoms with van der Waals surface area (Å²) in [6.45, 7) is -0.193. The zero-order valence-electron chi connectivity index (χ0n) is 12.5. The van der Waals surface area contributed by atoms with Gasteiger partial charge in [-0.2, -0.15) is 0 Å². The number of halogens is 3. The lowest BCUT2D eigenvalue weighted by atomic mass is 10.1. The lowest BCUT2D eigenvalue weighted by Gasteiger charge is -2.05. The summed E-state index contributed by atoms with van der Waals surface area (Å²) < 4.78 is 28.9. The van der Waals surface area contributed by atoms with E-state index in [9.17, 15) is 18.4 Å². The molecule has 0 saturated heterocycles. The molecule has 0 fully saturated rings. The Morgan fingerprint density at radius 2 is 2.08 bits per heavy atom. The number of carbonyl (C=O) groups is 1. The minimum atomic E-state index is -0.606. The molecule has 0 unspecified atom stereocenters. The maximum atomic E-state index is 13.8. The molecule has 0 aliphatic rings. The third kappa shape index (κ3) is 4.18. The summed E-state index contributed by atoms with van der Waals surface area (Å²) in [5.41, 5.74) is -0.0862. The highest BCUT2D eigenvalue weighted by atomic mass is 79.9. The molecule has 0 saturated carbocycles. The SMILES string of the molecule is O=C(Cn1cc(Br)ccc1=O)Nc1nc(-c2cc(F)ccc2F)cs1. The molecule has 0 aliphatic carbocycles. The van der Waals surface area contributed by atoms with Crippen LogP contribution in [-0.2, 0) is 11.3 Å². The Bertz CT molecular complexity index is 1000. The fraction of sp³-hybridized carbons (Fsp3) is 0.0625. The predicted molar refractivity (Wildman–Crippen MR) is 94.5 cm³/mol. The van der Waals surface area contributed by atoms with Gasteiger partial charge in [0.15, 0.2) is 5.13 Å². The second-order valence-corrected chi connectivity index (χ2v) is 6.80. The monoisotopic (exact) mass is 425 g/mol. The summed E-state index contributed by atoms with van der Waals surface area (Å²) in [7, 11) is 0. The minimum absolute atomic E-state index is 0.0139. The van der Waals surface area contributed by atoms with E-state index in [1.54, 1.807) is 6.07 Å². The Hall–Kier alpha value is -2.39. The van der Waals surface area contributed by atoms with Crippen molar-refractivity contribution in [3.8, 4) is 11.3 Å². The fourth-order valence-corrected chi connectivity index (χ4v) is 3.19. The van der Waals surface area contributed by atoms with Crippen molar-refractivity contribution in [3.63, 3.8) is 0 Å². The van der Waals surface area contributed by atoms with E-state index in [0.717, 1.165) is 29.5 Å². The number of rotatable bonds is 4. The molecule has 0 spiro atoms. The van der Waals surface area contributed by atoms with Crippen LogP contribution in [0.1, 0.15) is 0 Å². The Morgan fingerprint density at radius 3 is 2.88 bits per heavy atom. The van der Waals surface area contributed by atoms with Gasteiger partial charge in [-0.3, -0.25) is 9.59 Å². The number of carbonyl (C=O) groups excluding carboxylic acids is 1. The van der Waals surface area contributed by atoms with E-state index in [0.29, 0.717) is 4.47 Å². The Balaban J connectivity index is 1.75. The summed E-state index contributed by atoms with van der Waals surface area (Å²) in [5.74, 6) is -1.64. The van der Waals surface area contributed by atoms with Crippen LogP contribution in [0.5, 0.6) is 0 Å². The van der Waals surface area contributed by atoms with Gasteiger partial charge in [-0.1, -0.05) is 0 Å². The summed E-state index contributed by atoms with van der Waals surface area (Å²) >= 11 is 4.30. The largest absolute Gasteiger partial charge is 0.305 e. The van der Waals surface area contributed by atoms with E-state index < -0.39 is 17.5 Å². The first-order chi connectivity index (χ1) is 11.9. The summed E-state index contributed by atoms with van der Waals surface area (Å²) in [6.07, 6.45) is 1.50. The molecule has 5 nitrogen and oxygen atoms in total. The summed E-state index contributed by atoms with van der Waals surface area (Å²) in [6, 6.07) is 5.99. The van der Waals surface area contributed by atoms with Gasteiger partial charge in [-0.05, 0) is 40.2 Å². The lowest BCUT2D eigenvalue weighted by Crippen LogP contribution is -2.26. The van der Waals surface area contributed by atoms with Gasteiger partial charge in [0.2, 0.25) is 5.91 Å². The van der Waals surface area contributed by atoms with Crippen LogP contribution >= 0.6 is 27.3 Å². The van der Waals surface area contributed by atoms with Crippen LogP contribution < -0.4 is 10.9 Å². The molecule has 1 N–H and O–H groups in total. The van der Waals surface area contributed by atoms with Gasteiger partial charge in [0.05, 0.1) is 5.69 Å². The average Bonchev–Trinajstić information content (AvgIpc) is 3.01. The molecule has 2 heterocycles. The maximum absolute atomic E-state index is 13.8. The Labute approximate surface area is 153 Å². The Kier molecular flexibility index (Phi) is 5.05. The van der Waals surface area contributed by atoms with Crippen LogP contribution in [0.2, 0.25) is 0 Å². The third-order valence-corrected chi connectivity index (χ3v) is 4.44. The summed E-state index contributed by atoms with van der Waals surface area (Å²) in [4.78, 5) is 27.8. The number of anilines is 1. The highest BCUT2D eigenvalue weighted by Crippen LogP contribution is 2.27. The summed E-state index contributed by atoms with van der Waals surface area (Å²) in [5, 5.41) is 4.28. The van der Waals surface area contributed by atoms with E-state index in [2.05, 4.69) is 26.2 Å². The number of nitrogens with one attached hydrogen (secondary N) is 1. The van der Waals surface area contributed by atoms with Crippen LogP contribution in [0.3, 0.4) is 0 Å². The topological polar surface area (TPSA) is 64.0 Å². The normalized spacial score (nSPS) is 10.7. The van der Waals surface area contributed by atoms with Crippen molar-refractivity contribution in [1.29, 1.82) is 0 Å². The molecule has 0 radical (unpaired) electrons. The molecule has 9 heteroatoms. The van der Waals surface area contributed by atoms with E-state index >= 15 is 0 Å². The number of hydrogen-bond donors (Lipinski definition) is 1. The highest BCUT2D eigenvalue weighted by molar-refractivity contribution is 9.10. The van der Waals surface area contributed by atoms with E-state index in [1.165, 1.54) is 22.2 Å². The number of pyridine rings is 1. The maximum Gasteiger partial charge on any atom is 0.251 e. The zero-order valence-corrected chi connectivity index (χ0v) is 14.9. The van der Waals surface area contributed by atoms with Gasteiger partial charge in [-0.15, -0.1) is 11.3 Å². The molecule has 0 bridgehead atoms. The number of aromatic nitrogens is 2. The van der Waals surface area contributed by atoms with Crippen LogP contribution in [0.25, 0.3) is 11.3 Å². The number of amides is 1. The molecule has 128 valence electrons. The second kappa shape index (κ2) is 7.24. The molecule has 0 atom stereocenters. The average molecular weight is 426 g/mol. The van der Waals surface area contributed by atoms with Crippen LogP contribution in [0.15, 0.2) is 51.2 Å². The van der Waals surface area contributed by atoms with E-state index in [1.807, 2.05) is 0 Å². The van der Waals surface area contributed by atoms with Gasteiger partial charge in [-0.25, -0.2) is 13.8 Å². The van der Waals surface area contributed by atoms with Crippen LogP contribution in [0, 0.1) is 11.6 Å². The standard InChI is InChI=1S/C16H10BrF2N3O2S/c17-9-1-4-15(24)22(6-9)7-14(23)21-16-20-13(8-25-16)11-5-10(18)2-3-12(11)19/h1-6,8H,7H2,(H,20,21,23). The first-order valence-corrected chi connectivity index (χ1v) is 8.66. The predicted octanol–water partition coefficient (Wildman–Crippen LogP) is 3.65. The number of benzene rings is 1. The quantitative estimate of drug-likeness (QED) is 0.693. The lowest BCUT2D eigenvalue weighted by molar-refractivity contribution is -0.116. The molecule has 0 aliphatic heterocycles. The van der Waals surface area contributed by atoms with Crippen molar-refractivity contribution in [3.05, 3.63) is 68.4 Å². The third-order valence-electron chi connectivity index (χ3n) is 3.22. The van der Waals surface area contributed by atoms with Crippen molar-refractivity contribution in [2.24, 2.45) is 0 Å². The fourth-order valence-electron chi connectivity index (χ4n) is 2.09. The van der Waals surface area contributed by atoms with Crippen molar-refractivity contribution >= 4 is 38.3 Å². The van der Waals surface area contributed by atoms with Crippen LogP contribution in [0.4, 0.5) is 13.9 Å². The molecular formula is C16H10BrF2N3O2S. The number of hydrogen-bond acceptors (Lipinski definition) is 4. The van der Waals surface area contributed by atoms with Gasteiger partial charge in [0.25, 0.3) is 5.56 Å². The Morgan fingerprint density at radius 1 is 1.28 bits per heavy atom. The first kappa shape index (κ1) is 17.4. The van der Waals surface area contributed by atoms with Crippen molar-refractivity contribution in [2.75, 3.05) is 5.32 Å². The van der Waals surface area contributed by atoms with Crippen LogP contribution in [-0.4, -0.2) is 15.5 Å². The molecule has 1 amide bonds.